The van der Waals surface area contributed by atoms with Crippen LogP contribution >= 0.6 is 0 Å². The molecule has 30 heavy (non-hydrogen) atoms. The SMILES string of the molecule is CCOC(O)CCN(C(N)=O)c1ccc(N2CCN(C(=O)OC(C)(C)C)CC2)cc1. The van der Waals surface area contributed by atoms with Gasteiger partial charge in [0.1, 0.15) is 5.60 Å². The molecule has 2 rings (SSSR count). The Morgan fingerprint density at radius 3 is 2.27 bits per heavy atom. The van der Waals surface area contributed by atoms with Crippen molar-refractivity contribution in [1.82, 2.24) is 4.90 Å². The average Bonchev–Trinajstić information content (AvgIpc) is 2.67. The highest BCUT2D eigenvalue weighted by Crippen LogP contribution is 2.23. The van der Waals surface area contributed by atoms with E-state index in [1.807, 2.05) is 45.0 Å². The van der Waals surface area contributed by atoms with E-state index in [9.17, 15) is 14.7 Å². The van der Waals surface area contributed by atoms with Gasteiger partial charge in [-0.05, 0) is 52.0 Å². The smallest absolute Gasteiger partial charge is 0.410 e. The van der Waals surface area contributed by atoms with Gasteiger partial charge in [0, 0.05) is 57.1 Å². The second kappa shape index (κ2) is 10.5. The third kappa shape index (κ3) is 7.07. The van der Waals surface area contributed by atoms with Gasteiger partial charge < -0.3 is 30.1 Å². The van der Waals surface area contributed by atoms with Crippen LogP contribution in [-0.4, -0.2) is 73.4 Å². The molecule has 0 radical (unpaired) electrons. The molecule has 0 spiro atoms. The van der Waals surface area contributed by atoms with Crippen LogP contribution in [0.2, 0.25) is 0 Å². The van der Waals surface area contributed by atoms with Crippen LogP contribution < -0.4 is 15.5 Å². The number of nitrogens with two attached hydrogens (primary N) is 1. The predicted molar refractivity (Wildman–Crippen MR) is 116 cm³/mol. The van der Waals surface area contributed by atoms with Crippen LogP contribution in [-0.2, 0) is 9.47 Å². The number of urea groups is 1. The van der Waals surface area contributed by atoms with E-state index in [4.69, 9.17) is 15.2 Å². The van der Waals surface area contributed by atoms with E-state index in [2.05, 4.69) is 4.90 Å². The first-order valence-corrected chi connectivity index (χ1v) is 10.3. The number of hydrogen-bond acceptors (Lipinski definition) is 6. The van der Waals surface area contributed by atoms with E-state index in [-0.39, 0.29) is 19.1 Å². The van der Waals surface area contributed by atoms with E-state index in [1.165, 1.54) is 4.90 Å². The summed E-state index contributed by atoms with van der Waals surface area (Å²) >= 11 is 0. The molecule has 3 amide bonds. The molecule has 0 aromatic heterocycles. The zero-order chi connectivity index (χ0) is 22.3. The summed E-state index contributed by atoms with van der Waals surface area (Å²) in [6.45, 7) is 10.6. The highest BCUT2D eigenvalue weighted by atomic mass is 16.6. The van der Waals surface area contributed by atoms with Gasteiger partial charge in [0.15, 0.2) is 6.29 Å². The number of nitrogens with zero attached hydrogens (tertiary/aromatic N) is 3. The number of amides is 3. The molecule has 1 saturated heterocycles. The molecule has 1 aromatic carbocycles. The Bertz CT molecular complexity index is 696. The van der Waals surface area contributed by atoms with Crippen LogP contribution in [0.15, 0.2) is 24.3 Å². The van der Waals surface area contributed by atoms with Crippen LogP contribution in [0, 0.1) is 0 Å². The van der Waals surface area contributed by atoms with Crippen molar-refractivity contribution in [3.63, 3.8) is 0 Å². The minimum Gasteiger partial charge on any atom is -0.444 e. The molecule has 1 atom stereocenters. The number of anilines is 2. The Hall–Kier alpha value is -2.52. The maximum atomic E-state index is 12.2. The van der Waals surface area contributed by atoms with Gasteiger partial charge in [0.2, 0.25) is 0 Å². The van der Waals surface area contributed by atoms with Gasteiger partial charge in [-0.15, -0.1) is 0 Å². The summed E-state index contributed by atoms with van der Waals surface area (Å²) in [5, 5.41) is 9.72. The normalized spacial score (nSPS) is 15.6. The van der Waals surface area contributed by atoms with Crippen LogP contribution in [0.25, 0.3) is 0 Å². The topological polar surface area (TPSA) is 109 Å². The fourth-order valence-corrected chi connectivity index (χ4v) is 3.20. The largest absolute Gasteiger partial charge is 0.444 e. The van der Waals surface area contributed by atoms with Crippen molar-refractivity contribution in [1.29, 1.82) is 0 Å². The quantitative estimate of drug-likeness (QED) is 0.653. The molecule has 168 valence electrons. The van der Waals surface area contributed by atoms with E-state index < -0.39 is 17.9 Å². The lowest BCUT2D eigenvalue weighted by molar-refractivity contribution is -0.0966. The van der Waals surface area contributed by atoms with Crippen LogP contribution in [0.4, 0.5) is 21.0 Å². The van der Waals surface area contributed by atoms with Gasteiger partial charge in [0.05, 0.1) is 0 Å². The number of carbonyl (C=O) groups excluding carboxylic acids is 2. The standard InChI is InChI=1S/C21H34N4O5/c1-5-29-18(26)10-11-25(19(22)27)17-8-6-16(7-9-17)23-12-14-24(15-13-23)20(28)30-21(2,3)4/h6-9,18,26H,5,10-15H2,1-4H3,(H2,22,27). The zero-order valence-corrected chi connectivity index (χ0v) is 18.3. The molecule has 1 aliphatic heterocycles. The summed E-state index contributed by atoms with van der Waals surface area (Å²) in [6, 6.07) is 6.92. The van der Waals surface area contributed by atoms with E-state index in [0.717, 1.165) is 5.69 Å². The van der Waals surface area contributed by atoms with Crippen molar-refractivity contribution in [2.75, 3.05) is 49.1 Å². The highest BCUT2D eigenvalue weighted by molar-refractivity contribution is 5.90. The Morgan fingerprint density at radius 2 is 1.77 bits per heavy atom. The predicted octanol–water partition coefficient (Wildman–Crippen LogP) is 2.37. The number of aliphatic hydroxyl groups excluding tert-OH is 1. The second-order valence-electron chi connectivity index (χ2n) is 8.16. The van der Waals surface area contributed by atoms with E-state index in [0.29, 0.717) is 38.5 Å². The maximum absolute atomic E-state index is 12.2. The van der Waals surface area contributed by atoms with Gasteiger partial charge in [0.25, 0.3) is 0 Å². The fourth-order valence-electron chi connectivity index (χ4n) is 3.20. The minimum atomic E-state index is -0.933. The Labute approximate surface area is 178 Å². The molecule has 9 nitrogen and oxygen atoms in total. The summed E-state index contributed by atoms with van der Waals surface area (Å²) in [6.07, 6.45) is -0.952. The molecule has 1 aromatic rings. The first kappa shape index (κ1) is 23.8. The molecular weight excluding hydrogens is 388 g/mol. The van der Waals surface area contributed by atoms with Crippen molar-refractivity contribution in [3.8, 4) is 0 Å². The molecule has 0 aliphatic carbocycles. The molecule has 9 heteroatoms. The molecule has 0 saturated carbocycles. The number of hydrogen-bond donors (Lipinski definition) is 2. The summed E-state index contributed by atoms with van der Waals surface area (Å²) in [5.41, 5.74) is 6.65. The van der Waals surface area contributed by atoms with Crippen molar-refractivity contribution >= 4 is 23.5 Å². The Kier molecular flexibility index (Phi) is 8.31. The van der Waals surface area contributed by atoms with E-state index in [1.54, 1.807) is 11.8 Å². The first-order valence-electron chi connectivity index (χ1n) is 10.3. The number of carbonyl (C=O) groups is 2. The third-order valence-corrected chi connectivity index (χ3v) is 4.68. The average molecular weight is 423 g/mol. The number of rotatable bonds is 7. The van der Waals surface area contributed by atoms with Gasteiger partial charge >= 0.3 is 12.1 Å². The fraction of sp³-hybridized carbons (Fsp3) is 0.619. The molecular formula is C21H34N4O5. The maximum Gasteiger partial charge on any atom is 0.410 e. The lowest BCUT2D eigenvalue weighted by Crippen LogP contribution is -2.50. The van der Waals surface area contributed by atoms with Gasteiger partial charge in [-0.25, -0.2) is 9.59 Å². The van der Waals surface area contributed by atoms with Crippen molar-refractivity contribution in [2.45, 2.75) is 46.0 Å². The highest BCUT2D eigenvalue weighted by Gasteiger charge is 2.26. The van der Waals surface area contributed by atoms with Crippen LogP contribution in [0.1, 0.15) is 34.1 Å². The lowest BCUT2D eigenvalue weighted by atomic mass is 10.2. The van der Waals surface area contributed by atoms with Gasteiger partial charge in [-0.3, -0.25) is 4.90 Å². The van der Waals surface area contributed by atoms with E-state index >= 15 is 0 Å². The number of aliphatic hydroxyl groups is 1. The molecule has 1 fully saturated rings. The number of benzene rings is 1. The van der Waals surface area contributed by atoms with Crippen LogP contribution in [0.5, 0.6) is 0 Å². The summed E-state index contributed by atoms with van der Waals surface area (Å²) in [5.74, 6) is 0. The first-order chi connectivity index (χ1) is 14.1. The van der Waals surface area contributed by atoms with Crippen molar-refractivity contribution < 1.29 is 24.2 Å². The Balaban J connectivity index is 1.93. The molecule has 1 aliphatic rings. The molecule has 3 N–H and O–H groups in total. The van der Waals surface area contributed by atoms with Crippen molar-refractivity contribution in [2.24, 2.45) is 5.73 Å². The summed E-state index contributed by atoms with van der Waals surface area (Å²) < 4.78 is 10.5. The van der Waals surface area contributed by atoms with Gasteiger partial charge in [-0.2, -0.15) is 0 Å². The number of piperazine rings is 1. The molecule has 1 heterocycles. The molecule has 0 bridgehead atoms. The summed E-state index contributed by atoms with van der Waals surface area (Å²) in [7, 11) is 0. The van der Waals surface area contributed by atoms with Crippen LogP contribution in [0.3, 0.4) is 0 Å². The second-order valence-corrected chi connectivity index (χ2v) is 8.16. The van der Waals surface area contributed by atoms with Crippen molar-refractivity contribution in [3.05, 3.63) is 24.3 Å². The summed E-state index contributed by atoms with van der Waals surface area (Å²) in [4.78, 5) is 29.3. The number of ether oxygens (including phenoxy) is 2. The lowest BCUT2D eigenvalue weighted by Gasteiger charge is -2.37. The zero-order valence-electron chi connectivity index (χ0n) is 18.3. The molecule has 1 unspecified atom stereocenters. The third-order valence-electron chi connectivity index (χ3n) is 4.68. The van der Waals surface area contributed by atoms with Gasteiger partial charge in [-0.1, -0.05) is 0 Å². The number of primary amides is 1. The minimum absolute atomic E-state index is 0.254. The monoisotopic (exact) mass is 422 g/mol. The Morgan fingerprint density at radius 1 is 1.17 bits per heavy atom.